The van der Waals surface area contributed by atoms with E-state index in [1.165, 1.54) is 0 Å². The Morgan fingerprint density at radius 1 is 1.07 bits per heavy atom. The zero-order chi connectivity index (χ0) is 18.8. The third kappa shape index (κ3) is 3.23. The molecule has 2 aromatic carbocycles. The summed E-state index contributed by atoms with van der Waals surface area (Å²) in [7, 11) is 3.21. The summed E-state index contributed by atoms with van der Waals surface area (Å²) >= 11 is 0. The molecule has 138 valence electrons. The number of hydrogen-bond donors (Lipinski definition) is 0. The smallest absolute Gasteiger partial charge is 0.232 e. The van der Waals surface area contributed by atoms with Gasteiger partial charge in [-0.05, 0) is 36.4 Å². The van der Waals surface area contributed by atoms with E-state index in [9.17, 15) is 4.79 Å². The molecule has 27 heavy (non-hydrogen) atoms. The van der Waals surface area contributed by atoms with Gasteiger partial charge in [-0.2, -0.15) is 4.98 Å². The van der Waals surface area contributed by atoms with Crippen LogP contribution in [0.5, 0.6) is 11.5 Å². The number of methoxy groups -OCH3 is 2. The molecule has 1 saturated heterocycles. The number of aromatic nitrogens is 2. The SMILES string of the molecule is COc1ccc(N2CC(c3nc(-c4ccccc4OC)no3)CC2=O)cc1. The van der Waals surface area contributed by atoms with Gasteiger partial charge in [-0.3, -0.25) is 4.79 Å². The predicted molar refractivity (Wildman–Crippen MR) is 99.0 cm³/mol. The number of ether oxygens (including phenoxy) is 2. The molecule has 2 heterocycles. The first-order chi connectivity index (χ1) is 13.2. The minimum absolute atomic E-state index is 0.0298. The molecular weight excluding hydrogens is 346 g/mol. The molecular formula is C20H19N3O4. The minimum Gasteiger partial charge on any atom is -0.497 e. The van der Waals surface area contributed by atoms with Gasteiger partial charge in [-0.25, -0.2) is 0 Å². The number of rotatable bonds is 5. The molecule has 1 aliphatic rings. The van der Waals surface area contributed by atoms with E-state index in [0.29, 0.717) is 30.4 Å². The van der Waals surface area contributed by atoms with E-state index in [1.54, 1.807) is 19.1 Å². The number of benzene rings is 2. The van der Waals surface area contributed by atoms with Crippen LogP contribution in [0.1, 0.15) is 18.2 Å². The third-order valence-electron chi connectivity index (χ3n) is 4.65. The van der Waals surface area contributed by atoms with Crippen LogP contribution in [0.2, 0.25) is 0 Å². The van der Waals surface area contributed by atoms with Gasteiger partial charge in [0.25, 0.3) is 0 Å². The van der Waals surface area contributed by atoms with Crippen LogP contribution >= 0.6 is 0 Å². The average Bonchev–Trinajstić information content (AvgIpc) is 3.35. The maximum Gasteiger partial charge on any atom is 0.232 e. The third-order valence-corrected chi connectivity index (χ3v) is 4.65. The molecule has 1 aliphatic heterocycles. The van der Waals surface area contributed by atoms with Crippen molar-refractivity contribution in [3.63, 3.8) is 0 Å². The first-order valence-corrected chi connectivity index (χ1v) is 8.61. The molecule has 1 aromatic heterocycles. The van der Waals surface area contributed by atoms with Crippen LogP contribution in [0.25, 0.3) is 11.4 Å². The van der Waals surface area contributed by atoms with Crippen molar-refractivity contribution in [1.82, 2.24) is 10.1 Å². The van der Waals surface area contributed by atoms with E-state index in [2.05, 4.69) is 10.1 Å². The van der Waals surface area contributed by atoms with Crippen molar-refractivity contribution in [3.8, 4) is 22.9 Å². The van der Waals surface area contributed by atoms with Gasteiger partial charge < -0.3 is 18.9 Å². The van der Waals surface area contributed by atoms with Gasteiger partial charge in [0.2, 0.25) is 17.6 Å². The predicted octanol–water partition coefficient (Wildman–Crippen LogP) is 3.27. The Hall–Kier alpha value is -3.35. The summed E-state index contributed by atoms with van der Waals surface area (Å²) in [6.07, 6.45) is 0.333. The first-order valence-electron chi connectivity index (χ1n) is 8.61. The molecule has 0 saturated carbocycles. The van der Waals surface area contributed by atoms with Gasteiger partial charge >= 0.3 is 0 Å². The summed E-state index contributed by atoms with van der Waals surface area (Å²) < 4.78 is 16.0. The Morgan fingerprint density at radius 3 is 2.59 bits per heavy atom. The highest BCUT2D eigenvalue weighted by atomic mass is 16.5. The number of anilines is 1. The highest BCUT2D eigenvalue weighted by Gasteiger charge is 2.35. The molecule has 0 spiro atoms. The van der Waals surface area contributed by atoms with Crippen LogP contribution in [-0.2, 0) is 4.79 Å². The molecule has 0 radical (unpaired) electrons. The number of amides is 1. The van der Waals surface area contributed by atoms with E-state index in [0.717, 1.165) is 17.0 Å². The number of para-hydroxylation sites is 1. The van der Waals surface area contributed by atoms with Crippen LogP contribution in [0, 0.1) is 0 Å². The summed E-state index contributed by atoms with van der Waals surface area (Å²) in [6.45, 7) is 0.499. The zero-order valence-electron chi connectivity index (χ0n) is 15.1. The molecule has 1 fully saturated rings. The van der Waals surface area contributed by atoms with E-state index >= 15 is 0 Å². The van der Waals surface area contributed by atoms with E-state index in [-0.39, 0.29) is 11.8 Å². The van der Waals surface area contributed by atoms with E-state index in [4.69, 9.17) is 14.0 Å². The molecule has 0 bridgehead atoms. The van der Waals surface area contributed by atoms with Crippen molar-refractivity contribution in [2.24, 2.45) is 0 Å². The molecule has 7 heteroatoms. The second-order valence-electron chi connectivity index (χ2n) is 6.26. The van der Waals surface area contributed by atoms with Gasteiger partial charge in [0.1, 0.15) is 11.5 Å². The fraction of sp³-hybridized carbons (Fsp3) is 0.250. The van der Waals surface area contributed by atoms with Gasteiger partial charge in [0, 0.05) is 18.7 Å². The number of nitrogens with zero attached hydrogens (tertiary/aromatic N) is 3. The Balaban J connectivity index is 1.55. The zero-order valence-corrected chi connectivity index (χ0v) is 15.1. The Morgan fingerprint density at radius 2 is 1.85 bits per heavy atom. The van der Waals surface area contributed by atoms with E-state index < -0.39 is 0 Å². The molecule has 3 aromatic rings. The summed E-state index contributed by atoms with van der Waals surface area (Å²) in [5.41, 5.74) is 1.58. The minimum atomic E-state index is -0.143. The normalized spacial score (nSPS) is 16.6. The number of hydrogen-bond acceptors (Lipinski definition) is 6. The second kappa shape index (κ2) is 7.11. The molecule has 1 unspecified atom stereocenters. The van der Waals surface area contributed by atoms with Crippen molar-refractivity contribution >= 4 is 11.6 Å². The van der Waals surface area contributed by atoms with Crippen molar-refractivity contribution < 1.29 is 18.8 Å². The second-order valence-corrected chi connectivity index (χ2v) is 6.26. The van der Waals surface area contributed by atoms with Crippen molar-refractivity contribution in [2.75, 3.05) is 25.7 Å². The largest absolute Gasteiger partial charge is 0.497 e. The summed E-state index contributed by atoms with van der Waals surface area (Å²) in [5.74, 6) is 2.23. The number of carbonyl (C=O) groups is 1. The Bertz CT molecular complexity index is 952. The fourth-order valence-corrected chi connectivity index (χ4v) is 3.22. The van der Waals surface area contributed by atoms with Gasteiger partial charge in [0.05, 0.1) is 25.7 Å². The standard InChI is InChI=1S/C20H19N3O4/c1-25-15-9-7-14(8-10-15)23-12-13(11-18(23)24)20-21-19(22-27-20)16-5-3-4-6-17(16)26-2/h3-10,13H,11-12H2,1-2H3. The number of carbonyl (C=O) groups excluding carboxylic acids is 1. The molecule has 0 aliphatic carbocycles. The molecule has 0 N–H and O–H groups in total. The molecule has 7 nitrogen and oxygen atoms in total. The van der Waals surface area contributed by atoms with Crippen LogP contribution < -0.4 is 14.4 Å². The van der Waals surface area contributed by atoms with Crippen LogP contribution in [0.3, 0.4) is 0 Å². The quantitative estimate of drug-likeness (QED) is 0.691. The van der Waals surface area contributed by atoms with Gasteiger partial charge in [-0.15, -0.1) is 0 Å². The fourth-order valence-electron chi connectivity index (χ4n) is 3.22. The first kappa shape index (κ1) is 17.1. The van der Waals surface area contributed by atoms with Crippen molar-refractivity contribution in [1.29, 1.82) is 0 Å². The highest BCUT2D eigenvalue weighted by molar-refractivity contribution is 5.96. The lowest BCUT2D eigenvalue weighted by atomic mass is 10.1. The summed E-state index contributed by atoms with van der Waals surface area (Å²) in [5, 5.41) is 4.07. The van der Waals surface area contributed by atoms with Crippen molar-refractivity contribution in [3.05, 3.63) is 54.4 Å². The maximum atomic E-state index is 12.5. The lowest BCUT2D eigenvalue weighted by Crippen LogP contribution is -2.24. The highest BCUT2D eigenvalue weighted by Crippen LogP contribution is 2.34. The monoisotopic (exact) mass is 365 g/mol. The summed E-state index contributed by atoms with van der Waals surface area (Å²) in [6, 6.07) is 14.9. The summed E-state index contributed by atoms with van der Waals surface area (Å²) in [4.78, 5) is 18.7. The van der Waals surface area contributed by atoms with Gasteiger partial charge in [0.15, 0.2) is 0 Å². The maximum absolute atomic E-state index is 12.5. The van der Waals surface area contributed by atoms with Crippen LogP contribution in [-0.4, -0.2) is 36.8 Å². The molecule has 1 amide bonds. The molecule has 1 atom stereocenters. The van der Waals surface area contributed by atoms with Gasteiger partial charge in [-0.1, -0.05) is 17.3 Å². The lowest BCUT2D eigenvalue weighted by Gasteiger charge is -2.16. The Labute approximate surface area is 156 Å². The topological polar surface area (TPSA) is 77.7 Å². The van der Waals surface area contributed by atoms with Crippen molar-refractivity contribution in [2.45, 2.75) is 12.3 Å². The van der Waals surface area contributed by atoms with Crippen LogP contribution in [0.4, 0.5) is 5.69 Å². The lowest BCUT2D eigenvalue weighted by molar-refractivity contribution is -0.117. The average molecular weight is 365 g/mol. The molecule has 4 rings (SSSR count). The Kier molecular flexibility index (Phi) is 4.50. The van der Waals surface area contributed by atoms with E-state index in [1.807, 2.05) is 48.5 Å². The van der Waals surface area contributed by atoms with Crippen LogP contribution in [0.15, 0.2) is 53.1 Å².